The molecule has 134 valence electrons. The average molecular weight is 333 g/mol. The van der Waals surface area contributed by atoms with Crippen molar-refractivity contribution in [1.82, 2.24) is 0 Å². The Morgan fingerprint density at radius 3 is 2.50 bits per heavy atom. The normalized spacial score (nSPS) is 43.0. The summed E-state index contributed by atoms with van der Waals surface area (Å²) in [4.78, 5) is 12.5. The lowest BCUT2D eigenvalue weighted by molar-refractivity contribution is -0.284. The molecule has 4 heteroatoms. The minimum atomic E-state index is -0.445. The zero-order valence-corrected chi connectivity index (χ0v) is 15.3. The van der Waals surface area contributed by atoms with E-state index in [0.29, 0.717) is 19.1 Å². The van der Waals surface area contributed by atoms with E-state index < -0.39 is 11.2 Å². The molecule has 0 aromatic heterocycles. The molecule has 0 unspecified atom stereocenters. The van der Waals surface area contributed by atoms with Crippen molar-refractivity contribution in [2.75, 3.05) is 13.2 Å². The van der Waals surface area contributed by atoms with Crippen LogP contribution >= 0.6 is 0 Å². The van der Waals surface area contributed by atoms with Gasteiger partial charge in [-0.05, 0) is 49.9 Å². The summed E-state index contributed by atoms with van der Waals surface area (Å²) in [6.45, 7) is 8.37. The number of carbonyl (C=O) groups is 1. The summed E-state index contributed by atoms with van der Waals surface area (Å²) in [6.07, 6.45) is 9.26. The molecule has 4 rings (SSSR count). The highest BCUT2D eigenvalue weighted by atomic mass is 16.7. The van der Waals surface area contributed by atoms with Gasteiger partial charge in [-0.25, -0.2) is 0 Å². The summed E-state index contributed by atoms with van der Waals surface area (Å²) < 4.78 is 12.3. The summed E-state index contributed by atoms with van der Waals surface area (Å²) in [5.74, 6) is -0.104. The molecule has 4 aliphatic rings. The summed E-state index contributed by atoms with van der Waals surface area (Å²) in [5, 5.41) is 0. The van der Waals surface area contributed by atoms with Gasteiger partial charge in [0.05, 0.1) is 18.6 Å². The van der Waals surface area contributed by atoms with E-state index in [4.69, 9.17) is 15.2 Å². The van der Waals surface area contributed by atoms with Crippen LogP contribution in [-0.2, 0) is 14.3 Å². The van der Waals surface area contributed by atoms with Crippen molar-refractivity contribution in [2.24, 2.45) is 27.9 Å². The predicted molar refractivity (Wildman–Crippen MR) is 92.0 cm³/mol. The molecule has 1 amide bonds. The lowest BCUT2D eigenvalue weighted by Gasteiger charge is -2.64. The third kappa shape index (κ3) is 1.84. The Morgan fingerprint density at radius 1 is 1.12 bits per heavy atom. The number of amides is 1. The Hall–Kier alpha value is -0.870. The summed E-state index contributed by atoms with van der Waals surface area (Å²) >= 11 is 0. The molecule has 3 fully saturated rings. The minimum absolute atomic E-state index is 0.0256. The summed E-state index contributed by atoms with van der Waals surface area (Å²) in [7, 11) is 0. The fourth-order valence-corrected chi connectivity index (χ4v) is 6.74. The van der Waals surface area contributed by atoms with Crippen LogP contribution in [0.1, 0.15) is 65.7 Å². The van der Waals surface area contributed by atoms with Gasteiger partial charge in [0.1, 0.15) is 0 Å². The Balaban J connectivity index is 1.79. The van der Waals surface area contributed by atoms with Crippen LogP contribution in [0.4, 0.5) is 0 Å². The van der Waals surface area contributed by atoms with Crippen LogP contribution in [0.15, 0.2) is 11.6 Å². The number of nitrogens with two attached hydrogens (primary N) is 1. The summed E-state index contributed by atoms with van der Waals surface area (Å²) in [5.41, 5.74) is 6.84. The Morgan fingerprint density at radius 2 is 1.83 bits per heavy atom. The van der Waals surface area contributed by atoms with E-state index in [9.17, 15) is 4.79 Å². The maximum absolute atomic E-state index is 12.5. The topological polar surface area (TPSA) is 61.6 Å². The average Bonchev–Trinajstić information content (AvgIpc) is 3.02. The van der Waals surface area contributed by atoms with Gasteiger partial charge >= 0.3 is 0 Å². The van der Waals surface area contributed by atoms with Crippen molar-refractivity contribution in [1.29, 1.82) is 0 Å². The number of carbonyl (C=O) groups excluding carboxylic acids is 1. The fourth-order valence-electron chi connectivity index (χ4n) is 6.74. The van der Waals surface area contributed by atoms with Gasteiger partial charge in [-0.1, -0.05) is 32.4 Å². The van der Waals surface area contributed by atoms with Crippen molar-refractivity contribution >= 4 is 5.91 Å². The van der Waals surface area contributed by atoms with Crippen molar-refractivity contribution in [2.45, 2.75) is 71.5 Å². The highest BCUT2D eigenvalue weighted by Crippen LogP contribution is 2.68. The first-order valence-electron chi connectivity index (χ1n) is 9.58. The van der Waals surface area contributed by atoms with Gasteiger partial charge in [-0.15, -0.1) is 0 Å². The van der Waals surface area contributed by atoms with Gasteiger partial charge in [0.15, 0.2) is 5.79 Å². The Bertz CT molecular complexity index is 590. The van der Waals surface area contributed by atoms with Crippen LogP contribution in [0.2, 0.25) is 0 Å². The molecule has 3 aliphatic carbocycles. The molecule has 0 radical (unpaired) electrons. The number of hydrogen-bond acceptors (Lipinski definition) is 3. The van der Waals surface area contributed by atoms with E-state index in [2.05, 4.69) is 26.8 Å². The van der Waals surface area contributed by atoms with Crippen LogP contribution in [0, 0.1) is 22.2 Å². The predicted octanol–water partition coefficient (Wildman–Crippen LogP) is 3.55. The van der Waals surface area contributed by atoms with Crippen LogP contribution in [-0.4, -0.2) is 24.9 Å². The molecule has 0 aromatic carbocycles. The zero-order chi connectivity index (χ0) is 17.2. The number of allylic oxidation sites excluding steroid dienone is 1. The van der Waals surface area contributed by atoms with E-state index >= 15 is 0 Å². The second-order valence-electron chi connectivity index (χ2n) is 9.14. The van der Waals surface area contributed by atoms with E-state index in [1.165, 1.54) is 5.57 Å². The fraction of sp³-hybridized carbons (Fsp3) is 0.850. The molecule has 0 aromatic rings. The van der Waals surface area contributed by atoms with Gasteiger partial charge in [0.25, 0.3) is 0 Å². The quantitative estimate of drug-likeness (QED) is 0.747. The molecule has 3 atom stereocenters. The smallest absolute Gasteiger partial charge is 0.227 e. The standard InChI is InChI=1S/C20H31NO3/c1-17(2)14-7-9-19(16(21)22)8-5-4-6-15(19)18(14,3)10-11-20(17)23-12-13-24-20/h6,14H,4-5,7-13H2,1-3H3,(H2,21,22)/t14-,18-,19-/m0/s1. The monoisotopic (exact) mass is 333 g/mol. The first kappa shape index (κ1) is 16.6. The maximum Gasteiger partial charge on any atom is 0.227 e. The molecule has 2 saturated carbocycles. The van der Waals surface area contributed by atoms with Crippen molar-refractivity contribution in [3.63, 3.8) is 0 Å². The van der Waals surface area contributed by atoms with E-state index in [1.54, 1.807) is 0 Å². The SMILES string of the molecule is CC1(C)[C@@H]2CC[C@@]3(C(N)=O)CCCC=C3[C@@]2(C)CCC12OCCO2. The van der Waals surface area contributed by atoms with Crippen LogP contribution in [0.3, 0.4) is 0 Å². The molecular formula is C20H31NO3. The van der Waals surface area contributed by atoms with E-state index in [-0.39, 0.29) is 16.7 Å². The third-order valence-corrected chi connectivity index (χ3v) is 7.97. The van der Waals surface area contributed by atoms with Gasteiger partial charge in [-0.2, -0.15) is 0 Å². The number of primary amides is 1. The van der Waals surface area contributed by atoms with Gasteiger partial charge < -0.3 is 15.2 Å². The number of hydrogen-bond donors (Lipinski definition) is 1. The van der Waals surface area contributed by atoms with E-state index in [1.807, 2.05) is 0 Å². The molecule has 1 heterocycles. The lowest BCUT2D eigenvalue weighted by atomic mass is 9.42. The largest absolute Gasteiger partial charge is 0.369 e. The van der Waals surface area contributed by atoms with Gasteiger partial charge in [0, 0.05) is 11.8 Å². The van der Waals surface area contributed by atoms with Gasteiger partial charge in [-0.3, -0.25) is 4.79 Å². The molecular weight excluding hydrogens is 302 g/mol. The van der Waals surface area contributed by atoms with Crippen LogP contribution in [0.25, 0.3) is 0 Å². The first-order valence-corrected chi connectivity index (χ1v) is 9.58. The van der Waals surface area contributed by atoms with Crippen molar-refractivity contribution < 1.29 is 14.3 Å². The summed E-state index contributed by atoms with van der Waals surface area (Å²) in [6, 6.07) is 0. The maximum atomic E-state index is 12.5. The molecule has 2 N–H and O–H groups in total. The number of ether oxygens (including phenoxy) is 2. The second-order valence-corrected chi connectivity index (χ2v) is 9.14. The van der Waals surface area contributed by atoms with E-state index in [0.717, 1.165) is 44.9 Å². The highest BCUT2D eigenvalue weighted by Gasteiger charge is 2.66. The molecule has 4 nitrogen and oxygen atoms in total. The number of rotatable bonds is 1. The molecule has 1 aliphatic heterocycles. The van der Waals surface area contributed by atoms with Crippen LogP contribution < -0.4 is 5.73 Å². The number of fused-ring (bicyclic) bond motifs is 3. The van der Waals surface area contributed by atoms with Gasteiger partial charge in [0.2, 0.25) is 5.91 Å². The molecule has 0 bridgehead atoms. The molecule has 1 saturated heterocycles. The molecule has 1 spiro atoms. The zero-order valence-electron chi connectivity index (χ0n) is 15.3. The second kappa shape index (κ2) is 5.07. The molecule has 24 heavy (non-hydrogen) atoms. The first-order chi connectivity index (χ1) is 11.3. The highest BCUT2D eigenvalue weighted by molar-refractivity contribution is 5.85. The minimum Gasteiger partial charge on any atom is -0.369 e. The Labute approximate surface area is 145 Å². The third-order valence-electron chi connectivity index (χ3n) is 7.97. The lowest BCUT2D eigenvalue weighted by Crippen LogP contribution is -2.63. The Kier molecular flexibility index (Phi) is 3.51. The van der Waals surface area contributed by atoms with Crippen molar-refractivity contribution in [3.8, 4) is 0 Å². The van der Waals surface area contributed by atoms with Crippen LogP contribution in [0.5, 0.6) is 0 Å². The van der Waals surface area contributed by atoms with Crippen molar-refractivity contribution in [3.05, 3.63) is 11.6 Å².